The van der Waals surface area contributed by atoms with Gasteiger partial charge in [0.25, 0.3) is 0 Å². The Kier molecular flexibility index (Phi) is 2.43. The largest absolute Gasteiger partial charge is 0.379 e. The van der Waals surface area contributed by atoms with E-state index < -0.39 is 0 Å². The Morgan fingerprint density at radius 2 is 2.62 bits per heavy atom. The van der Waals surface area contributed by atoms with Gasteiger partial charge in [-0.2, -0.15) is 0 Å². The Labute approximate surface area is 54.1 Å². The summed E-state index contributed by atoms with van der Waals surface area (Å²) in [4.78, 5) is 0. The third-order valence-corrected chi connectivity index (χ3v) is 2.26. The van der Waals surface area contributed by atoms with Gasteiger partial charge >= 0.3 is 0 Å². The fourth-order valence-electron chi connectivity index (χ4n) is 0.642. The molecule has 0 radical (unpaired) electrons. The molecule has 1 unspecified atom stereocenters. The molecule has 1 nitrogen and oxygen atoms in total. The second-order valence-electron chi connectivity index (χ2n) is 1.72. The van der Waals surface area contributed by atoms with Crippen LogP contribution in [0.4, 0.5) is 0 Å². The highest BCUT2D eigenvalue weighted by Crippen LogP contribution is 2.15. The minimum atomic E-state index is 0.545. The summed E-state index contributed by atoms with van der Waals surface area (Å²) in [5, 5.41) is 0.545. The standard InChI is InChI=1S/C6H10OS/c1-2-6-5-7-3-4-8-6/h2,6H,1,3-5H2. The van der Waals surface area contributed by atoms with Crippen molar-refractivity contribution in [2.45, 2.75) is 5.25 Å². The first kappa shape index (κ1) is 6.17. The van der Waals surface area contributed by atoms with Crippen LogP contribution in [0.2, 0.25) is 0 Å². The number of ether oxygens (including phenoxy) is 1. The van der Waals surface area contributed by atoms with Gasteiger partial charge in [-0.15, -0.1) is 18.3 Å². The third-order valence-electron chi connectivity index (χ3n) is 1.10. The molecule has 1 rings (SSSR count). The molecule has 1 fully saturated rings. The van der Waals surface area contributed by atoms with Crippen LogP contribution < -0.4 is 0 Å². The predicted molar refractivity (Wildman–Crippen MR) is 37.3 cm³/mol. The number of thioether (sulfide) groups is 1. The smallest absolute Gasteiger partial charge is 0.0620 e. The Morgan fingerprint density at radius 3 is 3.00 bits per heavy atom. The average Bonchev–Trinajstić information content (AvgIpc) is 1.90. The highest BCUT2D eigenvalue weighted by atomic mass is 32.2. The Hall–Kier alpha value is 0.0500. The van der Waals surface area contributed by atoms with Crippen LogP contribution in [0.25, 0.3) is 0 Å². The summed E-state index contributed by atoms with van der Waals surface area (Å²) in [6.07, 6.45) is 1.95. The zero-order chi connectivity index (χ0) is 5.82. The zero-order valence-electron chi connectivity index (χ0n) is 4.80. The number of hydrogen-bond acceptors (Lipinski definition) is 2. The highest BCUT2D eigenvalue weighted by molar-refractivity contribution is 8.00. The van der Waals surface area contributed by atoms with E-state index in [1.54, 1.807) is 0 Å². The van der Waals surface area contributed by atoms with Gasteiger partial charge in [0.15, 0.2) is 0 Å². The molecular weight excluding hydrogens is 120 g/mol. The van der Waals surface area contributed by atoms with Gasteiger partial charge in [-0.25, -0.2) is 0 Å². The molecule has 0 aromatic rings. The third kappa shape index (κ3) is 1.53. The molecule has 0 spiro atoms. The maximum Gasteiger partial charge on any atom is 0.0620 e. The lowest BCUT2D eigenvalue weighted by Crippen LogP contribution is -2.17. The van der Waals surface area contributed by atoms with Crippen LogP contribution in [0, 0.1) is 0 Å². The molecule has 1 saturated heterocycles. The van der Waals surface area contributed by atoms with Gasteiger partial charge in [-0.3, -0.25) is 0 Å². The molecule has 46 valence electrons. The van der Waals surface area contributed by atoms with Crippen molar-refractivity contribution in [3.05, 3.63) is 12.7 Å². The van der Waals surface area contributed by atoms with E-state index in [0.29, 0.717) is 5.25 Å². The summed E-state index contributed by atoms with van der Waals surface area (Å²) in [6, 6.07) is 0. The van der Waals surface area contributed by atoms with Crippen molar-refractivity contribution in [1.82, 2.24) is 0 Å². The van der Waals surface area contributed by atoms with E-state index in [9.17, 15) is 0 Å². The highest BCUT2D eigenvalue weighted by Gasteiger charge is 2.08. The maximum absolute atomic E-state index is 5.18. The van der Waals surface area contributed by atoms with E-state index in [1.807, 2.05) is 17.8 Å². The average molecular weight is 130 g/mol. The minimum Gasteiger partial charge on any atom is -0.379 e. The Balaban J connectivity index is 2.22. The van der Waals surface area contributed by atoms with E-state index in [0.717, 1.165) is 19.0 Å². The van der Waals surface area contributed by atoms with Gasteiger partial charge < -0.3 is 4.74 Å². The fraction of sp³-hybridized carbons (Fsp3) is 0.667. The molecule has 0 bridgehead atoms. The van der Waals surface area contributed by atoms with Gasteiger partial charge in [0.2, 0.25) is 0 Å². The van der Waals surface area contributed by atoms with Crippen LogP contribution in [0.5, 0.6) is 0 Å². The lowest BCUT2D eigenvalue weighted by atomic mass is 10.4. The minimum absolute atomic E-state index is 0.545. The van der Waals surface area contributed by atoms with E-state index >= 15 is 0 Å². The van der Waals surface area contributed by atoms with Crippen molar-refractivity contribution in [3.8, 4) is 0 Å². The van der Waals surface area contributed by atoms with Gasteiger partial charge in [0.05, 0.1) is 13.2 Å². The molecule has 1 atom stereocenters. The molecular formula is C6H10OS. The lowest BCUT2D eigenvalue weighted by molar-refractivity contribution is 0.151. The van der Waals surface area contributed by atoms with Gasteiger partial charge in [-0.1, -0.05) is 6.08 Å². The molecule has 0 amide bonds. The normalized spacial score (nSPS) is 29.8. The predicted octanol–water partition coefficient (Wildman–Crippen LogP) is 1.30. The molecule has 8 heavy (non-hydrogen) atoms. The Bertz CT molecular complexity index is 76.6. The second kappa shape index (κ2) is 3.15. The van der Waals surface area contributed by atoms with E-state index in [-0.39, 0.29) is 0 Å². The molecule has 1 aliphatic heterocycles. The van der Waals surface area contributed by atoms with Gasteiger partial charge in [-0.05, 0) is 0 Å². The van der Waals surface area contributed by atoms with Crippen LogP contribution in [0.3, 0.4) is 0 Å². The zero-order valence-corrected chi connectivity index (χ0v) is 5.62. The first-order valence-electron chi connectivity index (χ1n) is 2.75. The fourth-order valence-corrected chi connectivity index (χ4v) is 1.49. The van der Waals surface area contributed by atoms with E-state index in [4.69, 9.17) is 4.74 Å². The van der Waals surface area contributed by atoms with Crippen molar-refractivity contribution >= 4 is 11.8 Å². The van der Waals surface area contributed by atoms with Gasteiger partial charge in [0, 0.05) is 11.0 Å². The SMILES string of the molecule is C=CC1COCCS1. The Morgan fingerprint density at radius 1 is 1.75 bits per heavy atom. The summed E-state index contributed by atoms with van der Waals surface area (Å²) in [6.45, 7) is 5.45. The molecule has 1 heterocycles. The second-order valence-corrected chi connectivity index (χ2v) is 3.07. The topological polar surface area (TPSA) is 9.23 Å². The van der Waals surface area contributed by atoms with Crippen LogP contribution in [0.15, 0.2) is 12.7 Å². The first-order chi connectivity index (χ1) is 3.93. The summed E-state index contributed by atoms with van der Waals surface area (Å²) in [5.74, 6) is 1.12. The summed E-state index contributed by atoms with van der Waals surface area (Å²) in [7, 11) is 0. The van der Waals surface area contributed by atoms with Crippen LogP contribution in [-0.2, 0) is 4.74 Å². The molecule has 0 aliphatic carbocycles. The van der Waals surface area contributed by atoms with Crippen molar-refractivity contribution in [1.29, 1.82) is 0 Å². The quantitative estimate of drug-likeness (QED) is 0.495. The number of hydrogen-bond donors (Lipinski definition) is 0. The van der Waals surface area contributed by atoms with Crippen LogP contribution in [-0.4, -0.2) is 24.2 Å². The van der Waals surface area contributed by atoms with Gasteiger partial charge in [0.1, 0.15) is 0 Å². The van der Waals surface area contributed by atoms with Crippen molar-refractivity contribution in [2.24, 2.45) is 0 Å². The van der Waals surface area contributed by atoms with Crippen LogP contribution >= 0.6 is 11.8 Å². The summed E-state index contributed by atoms with van der Waals surface area (Å²) >= 11 is 1.92. The molecule has 0 aromatic heterocycles. The molecule has 2 heteroatoms. The van der Waals surface area contributed by atoms with Crippen LogP contribution in [0.1, 0.15) is 0 Å². The van der Waals surface area contributed by atoms with E-state index in [1.165, 1.54) is 0 Å². The molecule has 1 aliphatic rings. The van der Waals surface area contributed by atoms with Crippen molar-refractivity contribution < 1.29 is 4.74 Å². The molecule has 0 N–H and O–H groups in total. The number of rotatable bonds is 1. The monoisotopic (exact) mass is 130 g/mol. The van der Waals surface area contributed by atoms with Crippen molar-refractivity contribution in [3.63, 3.8) is 0 Å². The maximum atomic E-state index is 5.18. The lowest BCUT2D eigenvalue weighted by Gasteiger charge is -2.17. The molecule has 0 aromatic carbocycles. The summed E-state index contributed by atoms with van der Waals surface area (Å²) < 4.78 is 5.18. The van der Waals surface area contributed by atoms with E-state index in [2.05, 4.69) is 6.58 Å². The summed E-state index contributed by atoms with van der Waals surface area (Å²) in [5.41, 5.74) is 0. The van der Waals surface area contributed by atoms with Crippen molar-refractivity contribution in [2.75, 3.05) is 19.0 Å². The molecule has 0 saturated carbocycles. The first-order valence-corrected chi connectivity index (χ1v) is 3.80.